The number of carboxylic acid groups (broad SMARTS) is 1. The van der Waals surface area contributed by atoms with E-state index in [1.165, 1.54) is 26.2 Å². The molecule has 0 spiro atoms. The third kappa shape index (κ3) is 9.18. The highest BCUT2D eigenvalue weighted by Crippen LogP contribution is 2.15. The maximum Gasteiger partial charge on any atom is 0.384 e. The van der Waals surface area contributed by atoms with Gasteiger partial charge in [-0.3, -0.25) is 4.79 Å². The number of hydrogen-bond donors (Lipinski definition) is 4. The van der Waals surface area contributed by atoms with Gasteiger partial charge in [-0.2, -0.15) is 12.7 Å². The average molecular weight is 432 g/mol. The normalized spacial score (nSPS) is 13.1. The second-order valence-electron chi connectivity index (χ2n) is 6.03. The minimum absolute atomic E-state index is 0.136. The number of hydrogen-bond acceptors (Lipinski definition) is 7. The summed E-state index contributed by atoms with van der Waals surface area (Å²) in [5.41, 5.74) is 6.00. The van der Waals surface area contributed by atoms with Gasteiger partial charge < -0.3 is 25.7 Å². The van der Waals surface area contributed by atoms with E-state index in [2.05, 4.69) is 15.7 Å². The molecule has 162 valence electrons. The first-order valence-corrected chi connectivity index (χ1v) is 9.77. The van der Waals surface area contributed by atoms with Crippen LogP contribution in [0.4, 0.5) is 0 Å². The largest absolute Gasteiger partial charge is 0.480 e. The molecule has 0 amide bonds. The topological polar surface area (TPSA) is 189 Å². The van der Waals surface area contributed by atoms with Crippen LogP contribution in [-0.2, 0) is 21.6 Å². The highest BCUT2D eigenvalue weighted by molar-refractivity contribution is 7.84. The zero-order chi connectivity index (χ0) is 22.0. The van der Waals surface area contributed by atoms with E-state index in [0.29, 0.717) is 6.42 Å². The van der Waals surface area contributed by atoms with Crippen LogP contribution in [0.25, 0.3) is 0 Å². The minimum Gasteiger partial charge on any atom is -0.480 e. The van der Waals surface area contributed by atoms with Crippen molar-refractivity contribution in [1.29, 1.82) is 0 Å². The summed E-state index contributed by atoms with van der Waals surface area (Å²) in [5.74, 6) is -1.26. The quantitative estimate of drug-likeness (QED) is 0.108. The fourth-order valence-corrected chi connectivity index (χ4v) is 2.56. The smallest absolute Gasteiger partial charge is 0.384 e. The van der Waals surface area contributed by atoms with Crippen molar-refractivity contribution in [3.8, 4) is 5.75 Å². The summed E-state index contributed by atoms with van der Waals surface area (Å²) in [6.45, 7) is 0.455. The van der Waals surface area contributed by atoms with E-state index >= 15 is 0 Å². The van der Waals surface area contributed by atoms with Gasteiger partial charge in [0.15, 0.2) is 5.03 Å². The Hall–Kier alpha value is -2.97. The number of aliphatic carboxylic acids is 1. The molecule has 0 aliphatic carbocycles. The molecule has 0 aliphatic rings. The molecule has 0 aliphatic heterocycles. The average Bonchev–Trinajstić information content (AvgIpc) is 2.61. The third-order valence-corrected chi connectivity index (χ3v) is 4.89. The molecule has 29 heavy (non-hydrogen) atoms. The maximum absolute atomic E-state index is 11.7. The van der Waals surface area contributed by atoms with Crippen molar-refractivity contribution in [2.45, 2.75) is 25.4 Å². The van der Waals surface area contributed by atoms with Gasteiger partial charge in [-0.05, 0) is 30.5 Å². The molecule has 1 atom stereocenters. The van der Waals surface area contributed by atoms with Gasteiger partial charge in [0.25, 0.3) is 5.96 Å². The first kappa shape index (κ1) is 24.1. The summed E-state index contributed by atoms with van der Waals surface area (Å²) in [6, 6.07) is 5.31. The van der Waals surface area contributed by atoms with E-state index in [0.717, 1.165) is 9.87 Å². The lowest BCUT2D eigenvalue weighted by molar-refractivity contribution is -0.485. The summed E-state index contributed by atoms with van der Waals surface area (Å²) in [6.07, 6.45) is 0.628. The molecule has 0 heterocycles. The summed E-state index contributed by atoms with van der Waals surface area (Å²) >= 11 is 0. The van der Waals surface area contributed by atoms with Gasteiger partial charge in [0, 0.05) is 27.2 Å². The second-order valence-corrected chi connectivity index (χ2v) is 7.78. The third-order valence-electron chi connectivity index (χ3n) is 3.59. The van der Waals surface area contributed by atoms with Crippen LogP contribution in [0.15, 0.2) is 29.4 Å². The minimum atomic E-state index is -3.85. The number of hydrazone groups is 1. The van der Waals surface area contributed by atoms with Gasteiger partial charge in [0.1, 0.15) is 16.9 Å². The molecule has 0 unspecified atom stereocenters. The molecule has 0 saturated heterocycles. The van der Waals surface area contributed by atoms with Crippen molar-refractivity contribution < 1.29 is 27.5 Å². The monoisotopic (exact) mass is 432 g/mol. The highest BCUT2D eigenvalue weighted by Gasteiger charge is 2.17. The van der Waals surface area contributed by atoms with E-state index in [1.807, 2.05) is 0 Å². The van der Waals surface area contributed by atoms with E-state index in [1.54, 1.807) is 12.1 Å². The van der Waals surface area contributed by atoms with Crippen LogP contribution in [0.3, 0.4) is 0 Å². The van der Waals surface area contributed by atoms with Crippen LogP contribution in [0.1, 0.15) is 18.4 Å². The molecule has 0 radical (unpaired) electrons. The van der Waals surface area contributed by atoms with Crippen molar-refractivity contribution in [2.24, 2.45) is 10.8 Å². The Morgan fingerprint density at radius 3 is 2.52 bits per heavy atom. The van der Waals surface area contributed by atoms with Crippen molar-refractivity contribution in [3.63, 3.8) is 0 Å². The van der Waals surface area contributed by atoms with Gasteiger partial charge in [-0.1, -0.05) is 12.1 Å². The summed E-state index contributed by atoms with van der Waals surface area (Å²) in [4.78, 5) is 21.5. The molecule has 1 aromatic rings. The van der Waals surface area contributed by atoms with Gasteiger partial charge >= 0.3 is 16.3 Å². The highest BCUT2D eigenvalue weighted by atomic mass is 32.2. The van der Waals surface area contributed by atoms with Crippen molar-refractivity contribution in [1.82, 2.24) is 14.9 Å². The lowest BCUT2D eigenvalue weighted by Crippen LogP contribution is -2.38. The molecule has 14 heteroatoms. The number of guanidine groups is 1. The lowest BCUT2D eigenvalue weighted by Gasteiger charge is -2.15. The van der Waals surface area contributed by atoms with E-state index in [-0.39, 0.29) is 31.2 Å². The van der Waals surface area contributed by atoms with Crippen LogP contribution in [0.2, 0.25) is 0 Å². The maximum atomic E-state index is 11.7. The number of rotatable bonds is 12. The van der Waals surface area contributed by atoms with Crippen LogP contribution in [0.5, 0.6) is 5.75 Å². The fourth-order valence-electron chi connectivity index (χ4n) is 2.06. The summed E-state index contributed by atoms with van der Waals surface area (Å²) < 4.78 is 29.2. The molecule has 1 rings (SSSR count). The number of nitro groups is 1. The van der Waals surface area contributed by atoms with Crippen LogP contribution >= 0.6 is 0 Å². The predicted molar refractivity (Wildman–Crippen MR) is 104 cm³/mol. The number of carboxylic acids is 1. The molecular formula is C15H24N6O7S. The van der Waals surface area contributed by atoms with Gasteiger partial charge in [0.2, 0.25) is 0 Å². The predicted octanol–water partition coefficient (Wildman–Crippen LogP) is -0.709. The number of nitrogens with zero attached hydrogens (tertiary/aromatic N) is 3. The molecule has 1 aromatic carbocycles. The Bertz CT molecular complexity index is 826. The summed E-state index contributed by atoms with van der Waals surface area (Å²) in [5, 5.41) is 26.8. The molecular weight excluding hydrogens is 408 g/mol. The van der Waals surface area contributed by atoms with Gasteiger partial charge in [-0.15, -0.1) is 0 Å². The Labute approximate surface area is 167 Å². The number of nitrogens with one attached hydrogen (secondary N) is 2. The van der Waals surface area contributed by atoms with Gasteiger partial charge in [-0.25, -0.2) is 10.1 Å². The molecule has 0 saturated carbocycles. The Morgan fingerprint density at radius 1 is 1.38 bits per heavy atom. The van der Waals surface area contributed by atoms with E-state index < -0.39 is 27.3 Å². The van der Waals surface area contributed by atoms with E-state index in [9.17, 15) is 28.4 Å². The molecule has 13 nitrogen and oxygen atoms in total. The standard InChI is InChI=1S/C15H24N6O7S/c1-20(2)29(26,27)28-12-7-5-11(6-8-12)10-18-13(14(22)23)4-3-9-17-15(16)19-21(24)25/h5-8,13,18H,3-4,9-10H2,1-2H3,(H,22,23)(H3,16,17,19)/t13-/m1/s1. The molecule has 0 bridgehead atoms. The second kappa shape index (κ2) is 11.1. The molecule has 0 fully saturated rings. The molecule has 5 N–H and O–H groups in total. The number of nitrogens with two attached hydrogens (primary N) is 1. The van der Waals surface area contributed by atoms with Gasteiger partial charge in [0.05, 0.1) is 0 Å². The summed E-state index contributed by atoms with van der Waals surface area (Å²) in [7, 11) is -1.16. The zero-order valence-electron chi connectivity index (χ0n) is 15.9. The first-order chi connectivity index (χ1) is 13.5. The Morgan fingerprint density at radius 2 is 2.00 bits per heavy atom. The van der Waals surface area contributed by atoms with Crippen LogP contribution in [0, 0.1) is 10.1 Å². The van der Waals surface area contributed by atoms with Crippen LogP contribution in [-0.4, -0.2) is 61.5 Å². The van der Waals surface area contributed by atoms with Crippen molar-refractivity contribution >= 4 is 22.2 Å². The first-order valence-electron chi connectivity index (χ1n) is 8.40. The van der Waals surface area contributed by atoms with Crippen molar-refractivity contribution in [3.05, 3.63) is 39.9 Å². The number of carbonyl (C=O) groups is 1. The SMILES string of the molecule is CN(C)S(=O)(=O)Oc1ccc(CN[C@H](CCCNC(N)=N[N+](=O)[O-])C(=O)O)cc1. The van der Waals surface area contributed by atoms with E-state index in [4.69, 9.17) is 9.92 Å². The zero-order valence-corrected chi connectivity index (χ0v) is 16.8. The fraction of sp³-hybridized carbons (Fsp3) is 0.467. The Balaban J connectivity index is 2.51. The number of benzene rings is 1. The Kier molecular flexibility index (Phi) is 9.24. The lowest BCUT2D eigenvalue weighted by atomic mass is 10.1. The van der Waals surface area contributed by atoms with Crippen LogP contribution < -0.4 is 20.6 Å². The van der Waals surface area contributed by atoms with Crippen molar-refractivity contribution in [2.75, 3.05) is 20.6 Å². The molecule has 0 aromatic heterocycles.